The van der Waals surface area contributed by atoms with Crippen molar-refractivity contribution in [2.45, 2.75) is 31.2 Å². The summed E-state index contributed by atoms with van der Waals surface area (Å²) >= 11 is 0. The first-order valence-corrected chi connectivity index (χ1v) is 9.80. The Morgan fingerprint density at radius 2 is 1.73 bits per heavy atom. The standard InChI is InChI=1S/C19H23NO5S/c1-13-11-15(6-8-16(13)23-4)26(21,22)20-19(2,3)14-5-7-17-18(12-14)25-10-9-24-17/h5-8,11-12,20H,9-10H2,1-4H3. The van der Waals surface area contributed by atoms with E-state index in [-0.39, 0.29) is 4.90 Å². The molecule has 0 radical (unpaired) electrons. The molecule has 140 valence electrons. The van der Waals surface area contributed by atoms with Gasteiger partial charge in [-0.2, -0.15) is 0 Å². The monoisotopic (exact) mass is 377 g/mol. The lowest BCUT2D eigenvalue weighted by Gasteiger charge is -2.28. The summed E-state index contributed by atoms with van der Waals surface area (Å²) in [5.41, 5.74) is 0.714. The summed E-state index contributed by atoms with van der Waals surface area (Å²) in [5.74, 6) is 1.95. The highest BCUT2D eigenvalue weighted by Gasteiger charge is 2.29. The van der Waals surface area contributed by atoms with E-state index in [1.165, 1.54) is 6.07 Å². The van der Waals surface area contributed by atoms with Gasteiger partial charge in [-0.25, -0.2) is 13.1 Å². The van der Waals surface area contributed by atoms with E-state index in [0.717, 1.165) is 11.1 Å². The molecule has 7 heteroatoms. The maximum atomic E-state index is 12.9. The van der Waals surface area contributed by atoms with E-state index in [9.17, 15) is 8.42 Å². The van der Waals surface area contributed by atoms with Crippen molar-refractivity contribution in [1.29, 1.82) is 0 Å². The van der Waals surface area contributed by atoms with Gasteiger partial charge in [0.05, 0.1) is 17.5 Å². The Kier molecular flexibility index (Phi) is 4.86. The van der Waals surface area contributed by atoms with Crippen molar-refractivity contribution < 1.29 is 22.6 Å². The lowest BCUT2D eigenvalue weighted by molar-refractivity contribution is 0.171. The fourth-order valence-electron chi connectivity index (χ4n) is 2.90. The van der Waals surface area contributed by atoms with Crippen LogP contribution in [0.5, 0.6) is 17.2 Å². The highest BCUT2D eigenvalue weighted by Crippen LogP contribution is 2.35. The number of sulfonamides is 1. The third-order valence-corrected chi connectivity index (χ3v) is 5.98. The Morgan fingerprint density at radius 1 is 1.04 bits per heavy atom. The van der Waals surface area contributed by atoms with Gasteiger partial charge in [-0.3, -0.25) is 0 Å². The molecule has 26 heavy (non-hydrogen) atoms. The minimum Gasteiger partial charge on any atom is -0.496 e. The predicted octanol–water partition coefficient (Wildman–Crippen LogP) is 2.99. The molecule has 0 aromatic heterocycles. The predicted molar refractivity (Wildman–Crippen MR) is 98.5 cm³/mol. The molecule has 0 saturated carbocycles. The number of fused-ring (bicyclic) bond motifs is 1. The number of nitrogens with one attached hydrogen (secondary N) is 1. The van der Waals surface area contributed by atoms with Gasteiger partial charge < -0.3 is 14.2 Å². The molecule has 1 N–H and O–H groups in total. The second-order valence-electron chi connectivity index (χ2n) is 6.72. The average molecular weight is 377 g/mol. The van der Waals surface area contributed by atoms with Crippen molar-refractivity contribution >= 4 is 10.0 Å². The minimum atomic E-state index is -3.71. The van der Waals surface area contributed by atoms with E-state index in [1.807, 2.05) is 32.9 Å². The van der Waals surface area contributed by atoms with E-state index >= 15 is 0 Å². The number of aryl methyl sites for hydroxylation is 1. The summed E-state index contributed by atoms with van der Waals surface area (Å²) in [6, 6.07) is 10.2. The molecule has 1 aliphatic heterocycles. The lowest BCUT2D eigenvalue weighted by Crippen LogP contribution is -2.41. The van der Waals surface area contributed by atoms with Crippen LogP contribution >= 0.6 is 0 Å². The van der Waals surface area contributed by atoms with Gasteiger partial charge in [-0.1, -0.05) is 6.07 Å². The molecule has 0 unspecified atom stereocenters. The zero-order chi connectivity index (χ0) is 18.9. The lowest BCUT2D eigenvalue weighted by atomic mass is 9.95. The molecular formula is C19H23NO5S. The van der Waals surface area contributed by atoms with Crippen molar-refractivity contribution in [3.05, 3.63) is 47.5 Å². The summed E-state index contributed by atoms with van der Waals surface area (Å²) in [6.07, 6.45) is 0. The molecular weight excluding hydrogens is 354 g/mol. The van der Waals surface area contributed by atoms with Crippen LogP contribution in [-0.2, 0) is 15.6 Å². The largest absolute Gasteiger partial charge is 0.496 e. The number of rotatable bonds is 5. The normalized spacial score (nSPS) is 14.2. The summed E-state index contributed by atoms with van der Waals surface area (Å²) in [4.78, 5) is 0.196. The highest BCUT2D eigenvalue weighted by molar-refractivity contribution is 7.89. The number of hydrogen-bond acceptors (Lipinski definition) is 5. The van der Waals surface area contributed by atoms with Gasteiger partial charge in [0.1, 0.15) is 19.0 Å². The van der Waals surface area contributed by atoms with Crippen molar-refractivity contribution in [2.24, 2.45) is 0 Å². The topological polar surface area (TPSA) is 73.9 Å². The van der Waals surface area contributed by atoms with Gasteiger partial charge in [-0.05, 0) is 62.2 Å². The maximum Gasteiger partial charge on any atom is 0.241 e. The number of methoxy groups -OCH3 is 1. The Morgan fingerprint density at radius 3 is 2.38 bits per heavy atom. The van der Waals surface area contributed by atoms with E-state index in [0.29, 0.717) is 30.5 Å². The molecule has 1 heterocycles. The molecule has 3 rings (SSSR count). The summed E-state index contributed by atoms with van der Waals surface area (Å²) in [5, 5.41) is 0. The van der Waals surface area contributed by atoms with Crippen molar-refractivity contribution in [1.82, 2.24) is 4.72 Å². The Balaban J connectivity index is 1.89. The van der Waals surface area contributed by atoms with E-state index in [1.54, 1.807) is 25.3 Å². The van der Waals surface area contributed by atoms with Gasteiger partial charge in [0.25, 0.3) is 0 Å². The van der Waals surface area contributed by atoms with Crippen LogP contribution in [0.3, 0.4) is 0 Å². The number of benzene rings is 2. The molecule has 6 nitrogen and oxygen atoms in total. The Hall–Kier alpha value is -2.25. The third kappa shape index (κ3) is 3.64. The van der Waals surface area contributed by atoms with Gasteiger partial charge in [-0.15, -0.1) is 0 Å². The SMILES string of the molecule is COc1ccc(S(=O)(=O)NC(C)(C)c2ccc3c(c2)OCCO3)cc1C. The van der Waals surface area contributed by atoms with E-state index in [2.05, 4.69) is 4.72 Å². The average Bonchev–Trinajstić information content (AvgIpc) is 2.60. The van der Waals surface area contributed by atoms with Gasteiger partial charge >= 0.3 is 0 Å². The molecule has 2 aromatic carbocycles. The van der Waals surface area contributed by atoms with E-state index < -0.39 is 15.6 Å². The van der Waals surface area contributed by atoms with E-state index in [4.69, 9.17) is 14.2 Å². The molecule has 2 aromatic rings. The fraction of sp³-hybridized carbons (Fsp3) is 0.368. The number of hydrogen-bond donors (Lipinski definition) is 1. The fourth-order valence-corrected chi connectivity index (χ4v) is 4.39. The molecule has 0 saturated heterocycles. The van der Waals surface area contributed by atoms with Crippen LogP contribution in [0.2, 0.25) is 0 Å². The first-order valence-electron chi connectivity index (χ1n) is 8.32. The molecule has 0 amide bonds. The second-order valence-corrected chi connectivity index (χ2v) is 8.40. The Labute approximate surface area is 154 Å². The molecule has 0 spiro atoms. The van der Waals surface area contributed by atoms with Gasteiger partial charge in [0.2, 0.25) is 10.0 Å². The van der Waals surface area contributed by atoms with Crippen LogP contribution in [0.15, 0.2) is 41.3 Å². The smallest absolute Gasteiger partial charge is 0.241 e. The van der Waals surface area contributed by atoms with Crippen molar-refractivity contribution in [3.63, 3.8) is 0 Å². The minimum absolute atomic E-state index is 0.196. The van der Waals surface area contributed by atoms with Crippen LogP contribution in [0.25, 0.3) is 0 Å². The second kappa shape index (κ2) is 6.81. The molecule has 0 fully saturated rings. The summed E-state index contributed by atoms with van der Waals surface area (Å²) < 4.78 is 44.8. The van der Waals surface area contributed by atoms with Crippen molar-refractivity contribution in [3.8, 4) is 17.2 Å². The first-order chi connectivity index (χ1) is 12.2. The van der Waals surface area contributed by atoms with Gasteiger partial charge in [0.15, 0.2) is 11.5 Å². The van der Waals surface area contributed by atoms with Crippen molar-refractivity contribution in [2.75, 3.05) is 20.3 Å². The quantitative estimate of drug-likeness (QED) is 0.867. The van der Waals surface area contributed by atoms with Gasteiger partial charge in [0, 0.05) is 0 Å². The first kappa shape index (κ1) is 18.5. The van der Waals surface area contributed by atoms with Crippen LogP contribution < -0.4 is 18.9 Å². The zero-order valence-electron chi connectivity index (χ0n) is 15.3. The van der Waals surface area contributed by atoms with Crippen LogP contribution in [-0.4, -0.2) is 28.7 Å². The molecule has 0 atom stereocenters. The van der Waals surface area contributed by atoms with Crippen LogP contribution in [0, 0.1) is 6.92 Å². The maximum absolute atomic E-state index is 12.9. The number of ether oxygens (including phenoxy) is 3. The summed E-state index contributed by atoms with van der Waals surface area (Å²) in [7, 11) is -2.16. The molecule has 0 bridgehead atoms. The van der Waals surface area contributed by atoms with Crippen LogP contribution in [0.4, 0.5) is 0 Å². The zero-order valence-corrected chi connectivity index (χ0v) is 16.1. The molecule has 0 aliphatic carbocycles. The Bertz CT molecular complexity index is 922. The molecule has 1 aliphatic rings. The van der Waals surface area contributed by atoms with Crippen LogP contribution in [0.1, 0.15) is 25.0 Å². The summed E-state index contributed by atoms with van der Waals surface area (Å²) in [6.45, 7) is 6.43. The third-order valence-electron chi connectivity index (χ3n) is 4.33. The highest BCUT2D eigenvalue weighted by atomic mass is 32.2.